The Morgan fingerprint density at radius 2 is 2.10 bits per heavy atom. The quantitative estimate of drug-likeness (QED) is 0.637. The lowest BCUT2D eigenvalue weighted by atomic mass is 9.84. The van der Waals surface area contributed by atoms with Gasteiger partial charge < -0.3 is 5.32 Å². The molecule has 1 N–H and O–H groups in total. The molecule has 110 valence electrons. The normalized spacial score (nSPS) is 17.9. The molecule has 0 aliphatic heterocycles. The first kappa shape index (κ1) is 15.4. The Morgan fingerprint density at radius 3 is 2.70 bits per heavy atom. The van der Waals surface area contributed by atoms with E-state index in [4.69, 9.17) is 0 Å². The standard InChI is InChI=1S/C15H21BrN2O2/c1-11(12-5-3-2-4-6-12)17-10-13-7-8-14(18(19)20)9-15(13)16/h7-9,11-12,17H,2-6,10H2,1H3. The Labute approximate surface area is 128 Å². The van der Waals surface area contributed by atoms with Gasteiger partial charge in [-0.15, -0.1) is 0 Å². The summed E-state index contributed by atoms with van der Waals surface area (Å²) >= 11 is 3.42. The Kier molecular flexibility index (Phi) is 5.54. The van der Waals surface area contributed by atoms with Gasteiger partial charge in [0.1, 0.15) is 0 Å². The molecule has 2 rings (SSSR count). The molecule has 0 amide bonds. The summed E-state index contributed by atoms with van der Waals surface area (Å²) in [5.74, 6) is 0.764. The summed E-state index contributed by atoms with van der Waals surface area (Å²) in [4.78, 5) is 10.3. The molecule has 0 saturated heterocycles. The summed E-state index contributed by atoms with van der Waals surface area (Å²) in [6, 6.07) is 5.45. The van der Waals surface area contributed by atoms with Crippen molar-refractivity contribution in [1.82, 2.24) is 5.32 Å². The highest BCUT2D eigenvalue weighted by Gasteiger charge is 2.19. The lowest BCUT2D eigenvalue weighted by Gasteiger charge is -2.28. The minimum Gasteiger partial charge on any atom is -0.310 e. The Balaban J connectivity index is 1.91. The molecule has 1 fully saturated rings. The van der Waals surface area contributed by atoms with E-state index in [1.165, 1.54) is 32.1 Å². The molecule has 0 aromatic heterocycles. The van der Waals surface area contributed by atoms with Gasteiger partial charge in [0.15, 0.2) is 0 Å². The lowest BCUT2D eigenvalue weighted by molar-refractivity contribution is -0.384. The van der Waals surface area contributed by atoms with Gasteiger partial charge in [0.05, 0.1) is 4.92 Å². The van der Waals surface area contributed by atoms with Crippen LogP contribution < -0.4 is 5.32 Å². The van der Waals surface area contributed by atoms with Gasteiger partial charge in [-0.2, -0.15) is 0 Å². The molecule has 1 aliphatic carbocycles. The van der Waals surface area contributed by atoms with Crippen molar-refractivity contribution in [3.63, 3.8) is 0 Å². The maximum atomic E-state index is 10.7. The van der Waals surface area contributed by atoms with Crippen molar-refractivity contribution in [2.45, 2.75) is 51.6 Å². The summed E-state index contributed by atoms with van der Waals surface area (Å²) in [7, 11) is 0. The fourth-order valence-corrected chi connectivity index (χ4v) is 3.37. The fraction of sp³-hybridized carbons (Fsp3) is 0.600. The van der Waals surface area contributed by atoms with Gasteiger partial charge in [-0.25, -0.2) is 0 Å². The van der Waals surface area contributed by atoms with Gasteiger partial charge >= 0.3 is 0 Å². The zero-order chi connectivity index (χ0) is 14.5. The number of rotatable bonds is 5. The summed E-state index contributed by atoms with van der Waals surface area (Å²) in [5, 5.41) is 14.3. The van der Waals surface area contributed by atoms with E-state index in [1.807, 2.05) is 6.07 Å². The smallest absolute Gasteiger partial charge is 0.270 e. The zero-order valence-corrected chi connectivity index (χ0v) is 13.4. The van der Waals surface area contributed by atoms with Gasteiger partial charge in [0, 0.05) is 29.2 Å². The van der Waals surface area contributed by atoms with Crippen molar-refractivity contribution in [3.05, 3.63) is 38.3 Å². The first-order chi connectivity index (χ1) is 9.58. The second-order valence-corrected chi connectivity index (χ2v) is 6.45. The maximum absolute atomic E-state index is 10.7. The van der Waals surface area contributed by atoms with Crippen LogP contribution in [0.5, 0.6) is 0 Å². The number of nitro groups is 1. The molecule has 0 radical (unpaired) electrons. The van der Waals surface area contributed by atoms with E-state index < -0.39 is 0 Å². The highest BCUT2D eigenvalue weighted by atomic mass is 79.9. The van der Waals surface area contributed by atoms with Crippen molar-refractivity contribution >= 4 is 21.6 Å². The monoisotopic (exact) mass is 340 g/mol. The van der Waals surface area contributed by atoms with Crippen LogP contribution in [0.2, 0.25) is 0 Å². The molecule has 1 atom stereocenters. The van der Waals surface area contributed by atoms with Crippen LogP contribution in [0, 0.1) is 16.0 Å². The van der Waals surface area contributed by atoms with Gasteiger partial charge in [0.25, 0.3) is 5.69 Å². The van der Waals surface area contributed by atoms with E-state index in [9.17, 15) is 10.1 Å². The summed E-state index contributed by atoms with van der Waals surface area (Å²) in [6.07, 6.45) is 6.69. The number of halogens is 1. The third kappa shape index (κ3) is 4.03. The van der Waals surface area contributed by atoms with E-state index in [0.717, 1.165) is 22.5 Å². The number of hydrogen-bond donors (Lipinski definition) is 1. The minimum absolute atomic E-state index is 0.126. The number of benzene rings is 1. The Bertz CT molecular complexity index is 473. The van der Waals surface area contributed by atoms with Crippen molar-refractivity contribution in [3.8, 4) is 0 Å². The molecule has 0 heterocycles. The van der Waals surface area contributed by atoms with Crippen LogP contribution in [0.1, 0.15) is 44.6 Å². The van der Waals surface area contributed by atoms with Gasteiger partial charge in [-0.05, 0) is 37.3 Å². The highest BCUT2D eigenvalue weighted by Crippen LogP contribution is 2.27. The third-order valence-corrected chi connectivity index (χ3v) is 4.96. The molecule has 5 heteroatoms. The van der Waals surface area contributed by atoms with E-state index in [2.05, 4.69) is 28.2 Å². The van der Waals surface area contributed by atoms with Crippen molar-refractivity contribution in [2.24, 2.45) is 5.92 Å². The molecule has 4 nitrogen and oxygen atoms in total. The number of hydrogen-bond acceptors (Lipinski definition) is 3. The topological polar surface area (TPSA) is 55.2 Å². The Hall–Kier alpha value is -0.940. The molecule has 0 bridgehead atoms. The molecule has 1 unspecified atom stereocenters. The first-order valence-corrected chi connectivity index (χ1v) is 8.03. The van der Waals surface area contributed by atoms with E-state index in [1.54, 1.807) is 12.1 Å². The van der Waals surface area contributed by atoms with Gasteiger partial charge in [-0.1, -0.05) is 35.2 Å². The zero-order valence-electron chi connectivity index (χ0n) is 11.8. The van der Waals surface area contributed by atoms with Crippen LogP contribution in [-0.4, -0.2) is 11.0 Å². The molecule has 1 aliphatic rings. The van der Waals surface area contributed by atoms with Crippen LogP contribution in [0.15, 0.2) is 22.7 Å². The van der Waals surface area contributed by atoms with Crippen molar-refractivity contribution < 1.29 is 4.92 Å². The van der Waals surface area contributed by atoms with E-state index in [0.29, 0.717) is 6.04 Å². The largest absolute Gasteiger partial charge is 0.310 e. The average molecular weight is 341 g/mol. The molecular weight excluding hydrogens is 320 g/mol. The van der Waals surface area contributed by atoms with Crippen LogP contribution in [0.25, 0.3) is 0 Å². The molecule has 1 saturated carbocycles. The van der Waals surface area contributed by atoms with E-state index in [-0.39, 0.29) is 10.6 Å². The summed E-state index contributed by atoms with van der Waals surface area (Å²) < 4.78 is 0.801. The van der Waals surface area contributed by atoms with Crippen molar-refractivity contribution in [2.75, 3.05) is 0 Å². The van der Waals surface area contributed by atoms with Crippen LogP contribution in [-0.2, 0) is 6.54 Å². The van der Waals surface area contributed by atoms with Gasteiger partial charge in [0.2, 0.25) is 0 Å². The molecule has 1 aromatic carbocycles. The second kappa shape index (κ2) is 7.18. The van der Waals surface area contributed by atoms with Crippen LogP contribution >= 0.6 is 15.9 Å². The SMILES string of the molecule is CC(NCc1ccc([N+](=O)[O-])cc1Br)C1CCCCC1. The number of nitro benzene ring substituents is 1. The predicted octanol–water partition coefficient (Wildman–Crippen LogP) is 4.42. The first-order valence-electron chi connectivity index (χ1n) is 7.24. The molecule has 0 spiro atoms. The highest BCUT2D eigenvalue weighted by molar-refractivity contribution is 9.10. The lowest BCUT2D eigenvalue weighted by Crippen LogP contribution is -2.34. The second-order valence-electron chi connectivity index (χ2n) is 5.60. The Morgan fingerprint density at radius 1 is 1.40 bits per heavy atom. The summed E-state index contributed by atoms with van der Waals surface area (Å²) in [6.45, 7) is 2.99. The summed E-state index contributed by atoms with van der Waals surface area (Å²) in [5.41, 5.74) is 1.19. The number of non-ortho nitro benzene ring substituents is 1. The third-order valence-electron chi connectivity index (χ3n) is 4.22. The average Bonchev–Trinajstić information content (AvgIpc) is 2.46. The number of nitrogens with one attached hydrogen (secondary N) is 1. The maximum Gasteiger partial charge on any atom is 0.270 e. The molecular formula is C15H21BrN2O2. The number of nitrogens with zero attached hydrogens (tertiary/aromatic N) is 1. The molecule has 20 heavy (non-hydrogen) atoms. The van der Waals surface area contributed by atoms with Crippen LogP contribution in [0.4, 0.5) is 5.69 Å². The van der Waals surface area contributed by atoms with Crippen molar-refractivity contribution in [1.29, 1.82) is 0 Å². The van der Waals surface area contributed by atoms with Crippen LogP contribution in [0.3, 0.4) is 0 Å². The minimum atomic E-state index is -0.368. The molecule has 1 aromatic rings. The fourth-order valence-electron chi connectivity index (χ4n) is 2.86. The van der Waals surface area contributed by atoms with Gasteiger partial charge in [-0.3, -0.25) is 10.1 Å². The predicted molar refractivity (Wildman–Crippen MR) is 83.7 cm³/mol. The van der Waals surface area contributed by atoms with E-state index >= 15 is 0 Å².